The van der Waals surface area contributed by atoms with Crippen LogP contribution in [0.25, 0.3) is 0 Å². The van der Waals surface area contributed by atoms with E-state index in [1.807, 2.05) is 24.3 Å². The van der Waals surface area contributed by atoms with Crippen LogP contribution in [0.3, 0.4) is 0 Å². The lowest BCUT2D eigenvalue weighted by Crippen LogP contribution is -2.14. The second-order valence-electron chi connectivity index (χ2n) is 4.06. The minimum atomic E-state index is -0.207. The van der Waals surface area contributed by atoms with Gasteiger partial charge in [0.25, 0.3) is 5.91 Å². The van der Waals surface area contributed by atoms with Gasteiger partial charge in [-0.15, -0.1) is 0 Å². The molecule has 0 aliphatic carbocycles. The van der Waals surface area contributed by atoms with Crippen molar-refractivity contribution in [2.24, 2.45) is 0 Å². The molecule has 2 aromatic rings. The lowest BCUT2D eigenvalue weighted by Gasteiger charge is -2.07. The van der Waals surface area contributed by atoms with Gasteiger partial charge in [-0.2, -0.15) is 0 Å². The van der Waals surface area contributed by atoms with Crippen molar-refractivity contribution in [2.75, 3.05) is 11.9 Å². The number of rotatable bonds is 5. The molecule has 98 valence electrons. The van der Waals surface area contributed by atoms with Crippen molar-refractivity contribution in [2.45, 2.75) is 13.5 Å². The molecule has 2 rings (SSSR count). The Kier molecular flexibility index (Phi) is 4.58. The van der Waals surface area contributed by atoms with Crippen LogP contribution in [-0.4, -0.2) is 22.4 Å². The molecule has 0 spiro atoms. The van der Waals surface area contributed by atoms with Gasteiger partial charge in [-0.3, -0.25) is 4.79 Å². The largest absolute Gasteiger partial charge is 0.322 e. The third-order valence-electron chi connectivity index (χ3n) is 2.59. The fraction of sp³-hybridized carbons (Fsp3) is 0.214. The number of hydrogen-bond donors (Lipinski definition) is 2. The summed E-state index contributed by atoms with van der Waals surface area (Å²) in [6.45, 7) is 3.76. The third kappa shape index (κ3) is 3.86. The predicted octanol–water partition coefficient (Wildman–Crippen LogP) is 1.84. The van der Waals surface area contributed by atoms with Crippen LogP contribution in [0.5, 0.6) is 0 Å². The van der Waals surface area contributed by atoms with E-state index in [4.69, 9.17) is 0 Å². The van der Waals surface area contributed by atoms with E-state index in [1.54, 1.807) is 0 Å². The van der Waals surface area contributed by atoms with Crippen molar-refractivity contribution in [3.05, 3.63) is 54.1 Å². The van der Waals surface area contributed by atoms with Crippen molar-refractivity contribution in [1.82, 2.24) is 15.3 Å². The number of amides is 1. The third-order valence-corrected chi connectivity index (χ3v) is 2.59. The van der Waals surface area contributed by atoms with E-state index in [1.165, 1.54) is 18.7 Å². The van der Waals surface area contributed by atoms with E-state index in [0.717, 1.165) is 24.3 Å². The maximum absolute atomic E-state index is 11.9. The van der Waals surface area contributed by atoms with Gasteiger partial charge in [0.2, 0.25) is 0 Å². The number of benzene rings is 1. The van der Waals surface area contributed by atoms with Gasteiger partial charge in [-0.25, -0.2) is 9.97 Å². The van der Waals surface area contributed by atoms with E-state index >= 15 is 0 Å². The van der Waals surface area contributed by atoms with E-state index in [0.29, 0.717) is 5.56 Å². The minimum Gasteiger partial charge on any atom is -0.322 e. The van der Waals surface area contributed by atoms with E-state index in [2.05, 4.69) is 27.5 Å². The highest BCUT2D eigenvalue weighted by atomic mass is 16.1. The molecule has 1 heterocycles. The van der Waals surface area contributed by atoms with Crippen LogP contribution in [0.2, 0.25) is 0 Å². The molecule has 0 saturated carbocycles. The number of nitrogens with one attached hydrogen (secondary N) is 2. The molecule has 0 bridgehead atoms. The molecule has 1 aromatic heterocycles. The van der Waals surface area contributed by atoms with E-state index < -0.39 is 0 Å². The van der Waals surface area contributed by atoms with E-state index in [9.17, 15) is 4.79 Å². The van der Waals surface area contributed by atoms with Crippen LogP contribution in [0, 0.1) is 0 Å². The maximum atomic E-state index is 11.9. The van der Waals surface area contributed by atoms with E-state index in [-0.39, 0.29) is 5.91 Å². The van der Waals surface area contributed by atoms with Crippen molar-refractivity contribution in [1.29, 1.82) is 0 Å². The number of hydrogen-bond acceptors (Lipinski definition) is 4. The number of nitrogens with zero attached hydrogens (tertiary/aromatic N) is 2. The summed E-state index contributed by atoms with van der Waals surface area (Å²) in [4.78, 5) is 19.6. The molecule has 0 radical (unpaired) electrons. The first-order chi connectivity index (χ1) is 9.29. The summed E-state index contributed by atoms with van der Waals surface area (Å²) in [6.07, 6.45) is 4.38. The van der Waals surface area contributed by atoms with Gasteiger partial charge in [0.05, 0.1) is 5.56 Å². The summed E-state index contributed by atoms with van der Waals surface area (Å²) in [5.41, 5.74) is 2.34. The Morgan fingerprint density at radius 3 is 2.79 bits per heavy atom. The van der Waals surface area contributed by atoms with Crippen LogP contribution in [0.15, 0.2) is 43.0 Å². The predicted molar refractivity (Wildman–Crippen MR) is 73.8 cm³/mol. The Hall–Kier alpha value is -2.27. The number of carbonyl (C=O) groups is 1. The highest BCUT2D eigenvalue weighted by Gasteiger charge is 2.06. The van der Waals surface area contributed by atoms with Crippen LogP contribution >= 0.6 is 0 Å². The molecule has 0 fully saturated rings. The maximum Gasteiger partial charge on any atom is 0.258 e. The molecule has 1 aromatic carbocycles. The Morgan fingerprint density at radius 2 is 2.05 bits per heavy atom. The molecule has 0 aliphatic rings. The van der Waals surface area contributed by atoms with Crippen LogP contribution < -0.4 is 10.6 Å². The Balaban J connectivity index is 2.05. The number of carbonyl (C=O) groups excluding carboxylic acids is 1. The summed E-state index contributed by atoms with van der Waals surface area (Å²) >= 11 is 0. The average molecular weight is 256 g/mol. The Labute approximate surface area is 112 Å². The summed E-state index contributed by atoms with van der Waals surface area (Å²) in [6, 6.07) is 7.75. The van der Waals surface area contributed by atoms with Gasteiger partial charge in [0.1, 0.15) is 6.33 Å². The van der Waals surface area contributed by atoms with Crippen molar-refractivity contribution >= 4 is 11.6 Å². The molecule has 5 nitrogen and oxygen atoms in total. The first-order valence-corrected chi connectivity index (χ1v) is 6.15. The first-order valence-electron chi connectivity index (χ1n) is 6.15. The average Bonchev–Trinajstić information content (AvgIpc) is 2.46. The van der Waals surface area contributed by atoms with Gasteiger partial charge in [0.15, 0.2) is 0 Å². The van der Waals surface area contributed by atoms with Crippen LogP contribution in [0.1, 0.15) is 22.8 Å². The Morgan fingerprint density at radius 1 is 1.26 bits per heavy atom. The van der Waals surface area contributed by atoms with Crippen LogP contribution in [0.4, 0.5) is 5.69 Å². The first kappa shape index (κ1) is 13.2. The van der Waals surface area contributed by atoms with Crippen molar-refractivity contribution < 1.29 is 4.79 Å². The SMILES string of the molecule is CCNCc1cccc(NC(=O)c2cncnc2)c1. The monoisotopic (exact) mass is 256 g/mol. The highest BCUT2D eigenvalue weighted by molar-refractivity contribution is 6.03. The molecule has 0 atom stereocenters. The standard InChI is InChI=1S/C14H16N4O/c1-2-15-7-11-4-3-5-13(6-11)18-14(19)12-8-16-10-17-9-12/h3-6,8-10,15H,2,7H2,1H3,(H,18,19). The van der Waals surface area contributed by atoms with Crippen LogP contribution in [-0.2, 0) is 6.54 Å². The fourth-order valence-electron chi connectivity index (χ4n) is 1.65. The second kappa shape index (κ2) is 6.61. The fourth-order valence-corrected chi connectivity index (χ4v) is 1.65. The molecule has 19 heavy (non-hydrogen) atoms. The molecule has 0 unspecified atom stereocenters. The normalized spacial score (nSPS) is 10.2. The zero-order valence-electron chi connectivity index (χ0n) is 10.8. The zero-order chi connectivity index (χ0) is 13.5. The molecule has 1 amide bonds. The molecular weight excluding hydrogens is 240 g/mol. The van der Waals surface area contributed by atoms with Gasteiger partial charge in [0, 0.05) is 24.6 Å². The highest BCUT2D eigenvalue weighted by Crippen LogP contribution is 2.11. The van der Waals surface area contributed by atoms with Crippen molar-refractivity contribution in [3.63, 3.8) is 0 Å². The molecule has 0 aliphatic heterocycles. The number of anilines is 1. The smallest absolute Gasteiger partial charge is 0.258 e. The quantitative estimate of drug-likeness (QED) is 0.856. The van der Waals surface area contributed by atoms with Gasteiger partial charge in [-0.05, 0) is 24.2 Å². The van der Waals surface area contributed by atoms with Gasteiger partial charge < -0.3 is 10.6 Å². The second-order valence-corrected chi connectivity index (χ2v) is 4.06. The minimum absolute atomic E-state index is 0.207. The Bertz CT molecular complexity index is 542. The zero-order valence-corrected chi connectivity index (χ0v) is 10.8. The molecule has 5 heteroatoms. The lowest BCUT2D eigenvalue weighted by molar-refractivity contribution is 0.102. The topological polar surface area (TPSA) is 66.9 Å². The summed E-state index contributed by atoms with van der Waals surface area (Å²) in [5.74, 6) is -0.207. The number of aromatic nitrogens is 2. The van der Waals surface area contributed by atoms with Crippen molar-refractivity contribution in [3.8, 4) is 0 Å². The summed E-state index contributed by atoms with van der Waals surface area (Å²) in [7, 11) is 0. The lowest BCUT2D eigenvalue weighted by atomic mass is 10.2. The molecular formula is C14H16N4O. The molecule has 2 N–H and O–H groups in total. The van der Waals surface area contributed by atoms with Gasteiger partial charge >= 0.3 is 0 Å². The molecule has 0 saturated heterocycles. The summed E-state index contributed by atoms with van der Waals surface area (Å²) < 4.78 is 0. The summed E-state index contributed by atoms with van der Waals surface area (Å²) in [5, 5.41) is 6.07. The van der Waals surface area contributed by atoms with Gasteiger partial charge in [-0.1, -0.05) is 19.1 Å².